The van der Waals surface area contributed by atoms with Crippen LogP contribution in [0.1, 0.15) is 5.56 Å². The first-order chi connectivity index (χ1) is 10.0. The van der Waals surface area contributed by atoms with E-state index in [4.69, 9.17) is 15.7 Å². The highest BCUT2D eigenvalue weighted by Crippen LogP contribution is 2.27. The number of rotatable bonds is 4. The van der Waals surface area contributed by atoms with Gasteiger partial charge in [-0.05, 0) is 18.2 Å². The molecule has 0 saturated carbocycles. The molecular formula is C12H9BrN4O4. The van der Waals surface area contributed by atoms with Gasteiger partial charge in [0.25, 0.3) is 5.69 Å². The minimum atomic E-state index is -0.635. The Bertz CT molecular complexity index is 720. The molecule has 0 bridgehead atoms. The van der Waals surface area contributed by atoms with E-state index in [9.17, 15) is 10.1 Å². The van der Waals surface area contributed by atoms with Crippen LogP contribution in [-0.4, -0.2) is 21.0 Å². The molecule has 0 radical (unpaired) electrons. The summed E-state index contributed by atoms with van der Waals surface area (Å²) in [6.45, 7) is 0. The smallest absolute Gasteiger partial charge is 0.288 e. The van der Waals surface area contributed by atoms with E-state index in [1.54, 1.807) is 24.3 Å². The maximum Gasteiger partial charge on any atom is 0.288 e. The minimum Gasteiger partial charge on any atom is -0.438 e. The van der Waals surface area contributed by atoms with E-state index >= 15 is 0 Å². The molecule has 0 unspecified atom stereocenters. The van der Waals surface area contributed by atoms with Crippen molar-refractivity contribution < 1.29 is 14.9 Å². The monoisotopic (exact) mass is 352 g/mol. The Labute approximate surface area is 127 Å². The third kappa shape index (κ3) is 3.45. The summed E-state index contributed by atoms with van der Waals surface area (Å²) in [5, 5.41) is 22.3. The first kappa shape index (κ1) is 14.7. The lowest BCUT2D eigenvalue weighted by atomic mass is 10.2. The first-order valence-corrected chi connectivity index (χ1v) is 6.36. The van der Waals surface area contributed by atoms with Gasteiger partial charge in [-0.3, -0.25) is 10.1 Å². The molecule has 0 fully saturated rings. The molecule has 1 aromatic heterocycles. The number of aromatic nitrogens is 1. The van der Waals surface area contributed by atoms with Gasteiger partial charge in [-0.2, -0.15) is 0 Å². The fourth-order valence-corrected chi connectivity index (χ4v) is 1.88. The maximum absolute atomic E-state index is 10.8. The number of benzene rings is 1. The van der Waals surface area contributed by atoms with E-state index in [1.807, 2.05) is 0 Å². The number of oxime groups is 1. The van der Waals surface area contributed by atoms with E-state index in [0.717, 1.165) is 16.7 Å². The van der Waals surface area contributed by atoms with Crippen LogP contribution in [0, 0.1) is 10.1 Å². The fraction of sp³-hybridized carbons (Fsp3) is 0. The van der Waals surface area contributed by atoms with Gasteiger partial charge in [-0.1, -0.05) is 27.2 Å². The van der Waals surface area contributed by atoms with Crippen LogP contribution in [0.4, 0.5) is 5.69 Å². The summed E-state index contributed by atoms with van der Waals surface area (Å²) < 4.78 is 6.30. The Morgan fingerprint density at radius 3 is 2.86 bits per heavy atom. The lowest BCUT2D eigenvalue weighted by Gasteiger charge is -2.09. The zero-order valence-electron chi connectivity index (χ0n) is 10.4. The van der Waals surface area contributed by atoms with Crippen LogP contribution in [-0.2, 0) is 0 Å². The molecule has 9 heteroatoms. The van der Waals surface area contributed by atoms with Gasteiger partial charge in [0.05, 0.1) is 10.5 Å². The van der Waals surface area contributed by atoms with Crippen LogP contribution in [0.3, 0.4) is 0 Å². The summed E-state index contributed by atoms with van der Waals surface area (Å²) in [6, 6.07) is 8.02. The number of halogens is 1. The number of nitro groups is 1. The number of amidine groups is 1. The normalized spacial score (nSPS) is 11.2. The molecule has 2 aromatic rings. The van der Waals surface area contributed by atoms with Crippen LogP contribution >= 0.6 is 15.9 Å². The zero-order chi connectivity index (χ0) is 15.4. The first-order valence-electron chi connectivity index (χ1n) is 5.57. The Morgan fingerprint density at radius 2 is 2.24 bits per heavy atom. The predicted molar refractivity (Wildman–Crippen MR) is 77.6 cm³/mol. The number of nitrogens with zero attached hydrogens (tertiary/aromatic N) is 3. The van der Waals surface area contributed by atoms with Crippen molar-refractivity contribution in [3.63, 3.8) is 0 Å². The van der Waals surface area contributed by atoms with E-state index in [2.05, 4.69) is 26.1 Å². The van der Waals surface area contributed by atoms with Gasteiger partial charge in [0, 0.05) is 10.5 Å². The van der Waals surface area contributed by atoms with Crippen LogP contribution in [0.5, 0.6) is 11.6 Å². The average molecular weight is 353 g/mol. The SMILES string of the molecule is NC(=NO)c1cc([N+](=O)[O-])cnc1Oc1cccc(Br)c1. The molecule has 21 heavy (non-hydrogen) atoms. The molecule has 8 nitrogen and oxygen atoms in total. The Balaban J connectivity index is 2.45. The molecule has 0 aliphatic carbocycles. The summed E-state index contributed by atoms with van der Waals surface area (Å²) in [7, 11) is 0. The summed E-state index contributed by atoms with van der Waals surface area (Å²) >= 11 is 3.29. The number of pyridine rings is 1. The van der Waals surface area contributed by atoms with E-state index in [1.165, 1.54) is 0 Å². The van der Waals surface area contributed by atoms with Gasteiger partial charge in [0.2, 0.25) is 5.88 Å². The lowest BCUT2D eigenvalue weighted by Crippen LogP contribution is -2.15. The van der Waals surface area contributed by atoms with Crippen molar-refractivity contribution in [3.05, 3.63) is 56.7 Å². The molecule has 1 heterocycles. The Kier molecular flexibility index (Phi) is 4.33. The van der Waals surface area contributed by atoms with Crippen molar-refractivity contribution in [1.82, 2.24) is 4.98 Å². The van der Waals surface area contributed by atoms with Crippen LogP contribution in [0.25, 0.3) is 0 Å². The summed E-state index contributed by atoms with van der Waals surface area (Å²) in [5.41, 5.74) is 5.22. The Hall–Kier alpha value is -2.68. The quantitative estimate of drug-likeness (QED) is 0.286. The van der Waals surface area contributed by atoms with Crippen molar-refractivity contribution in [1.29, 1.82) is 0 Å². The molecule has 0 aliphatic heterocycles. The van der Waals surface area contributed by atoms with Gasteiger partial charge >= 0.3 is 0 Å². The second-order valence-corrected chi connectivity index (χ2v) is 4.76. The summed E-state index contributed by atoms with van der Waals surface area (Å²) in [6.07, 6.45) is 1.03. The van der Waals surface area contributed by atoms with E-state index in [-0.39, 0.29) is 23.0 Å². The van der Waals surface area contributed by atoms with Gasteiger partial charge < -0.3 is 15.7 Å². The third-order valence-electron chi connectivity index (χ3n) is 2.44. The molecule has 0 saturated heterocycles. The zero-order valence-corrected chi connectivity index (χ0v) is 12.0. The molecule has 108 valence electrons. The molecule has 1 aromatic carbocycles. The van der Waals surface area contributed by atoms with Crippen LogP contribution < -0.4 is 10.5 Å². The van der Waals surface area contributed by atoms with Crippen molar-refractivity contribution in [2.45, 2.75) is 0 Å². The average Bonchev–Trinajstić information content (AvgIpc) is 2.46. The van der Waals surface area contributed by atoms with Crippen LogP contribution in [0.15, 0.2) is 46.2 Å². The van der Waals surface area contributed by atoms with Crippen molar-refractivity contribution >= 4 is 27.5 Å². The number of ether oxygens (including phenoxy) is 1. The largest absolute Gasteiger partial charge is 0.438 e. The van der Waals surface area contributed by atoms with Gasteiger partial charge in [0.15, 0.2) is 5.84 Å². The fourth-order valence-electron chi connectivity index (χ4n) is 1.50. The standard InChI is InChI=1S/C12H9BrN4O4/c13-7-2-1-3-9(4-7)21-12-10(11(14)16-18)5-8(6-15-12)17(19)20/h1-6,18H,(H2,14,16). The molecule has 2 rings (SSSR count). The topological polar surface area (TPSA) is 124 Å². The van der Waals surface area contributed by atoms with Gasteiger partial charge in [0.1, 0.15) is 11.9 Å². The molecule has 0 atom stereocenters. The second kappa shape index (κ2) is 6.18. The Morgan fingerprint density at radius 1 is 1.48 bits per heavy atom. The summed E-state index contributed by atoms with van der Waals surface area (Å²) in [5.74, 6) is 0.0999. The lowest BCUT2D eigenvalue weighted by molar-refractivity contribution is -0.385. The van der Waals surface area contributed by atoms with Gasteiger partial charge in [-0.25, -0.2) is 4.98 Å². The highest BCUT2D eigenvalue weighted by molar-refractivity contribution is 9.10. The predicted octanol–water partition coefficient (Wildman–Crippen LogP) is 2.64. The number of hydrogen-bond donors (Lipinski definition) is 2. The number of nitrogens with two attached hydrogens (primary N) is 1. The molecular weight excluding hydrogens is 344 g/mol. The van der Waals surface area contributed by atoms with Crippen molar-refractivity contribution in [2.75, 3.05) is 0 Å². The summed E-state index contributed by atoms with van der Waals surface area (Å²) in [4.78, 5) is 14.0. The highest BCUT2D eigenvalue weighted by Gasteiger charge is 2.17. The molecule has 0 spiro atoms. The van der Waals surface area contributed by atoms with Crippen LogP contribution in [0.2, 0.25) is 0 Å². The van der Waals surface area contributed by atoms with E-state index in [0.29, 0.717) is 5.75 Å². The van der Waals surface area contributed by atoms with E-state index < -0.39 is 4.92 Å². The molecule has 3 N–H and O–H groups in total. The second-order valence-electron chi connectivity index (χ2n) is 3.85. The van der Waals surface area contributed by atoms with Crippen molar-refractivity contribution in [2.24, 2.45) is 10.9 Å². The highest BCUT2D eigenvalue weighted by atomic mass is 79.9. The number of hydrogen-bond acceptors (Lipinski definition) is 6. The third-order valence-corrected chi connectivity index (χ3v) is 2.94. The minimum absolute atomic E-state index is 0.00556. The van der Waals surface area contributed by atoms with Crippen molar-refractivity contribution in [3.8, 4) is 11.6 Å². The molecule has 0 amide bonds. The molecule has 0 aliphatic rings. The maximum atomic E-state index is 10.8. The van der Waals surface area contributed by atoms with Gasteiger partial charge in [-0.15, -0.1) is 0 Å².